The summed E-state index contributed by atoms with van der Waals surface area (Å²) in [5.41, 5.74) is 0. The Morgan fingerprint density at radius 1 is 0.340 bits per heavy atom. The topological polar surface area (TPSA) is 111 Å². The molecule has 0 rings (SSSR count). The fraction of sp³-hybridized carbons (Fsp3) is 0.738. The minimum absolute atomic E-state index is 0.0395. The van der Waals surface area contributed by atoms with Crippen molar-refractivity contribution in [3.8, 4) is 0 Å². The first-order valence-corrected chi connectivity index (χ1v) is 40.7. The van der Waals surface area contributed by atoms with Gasteiger partial charge in [0, 0.05) is 12.8 Å². The summed E-state index contributed by atoms with van der Waals surface area (Å²) < 4.78 is 34.4. The molecule has 10 heteroatoms. The van der Waals surface area contributed by atoms with Crippen LogP contribution < -0.4 is 4.89 Å². The van der Waals surface area contributed by atoms with E-state index >= 15 is 0 Å². The number of hydrogen-bond acceptors (Lipinski definition) is 8. The summed E-state index contributed by atoms with van der Waals surface area (Å²) in [6.07, 6.45) is 106. The summed E-state index contributed by atoms with van der Waals surface area (Å²) in [5.74, 6) is -0.850. The maximum absolute atomic E-state index is 12.9. The van der Waals surface area contributed by atoms with Crippen LogP contribution in [0.1, 0.15) is 348 Å². The smallest absolute Gasteiger partial charge is 0.306 e. The third kappa shape index (κ3) is 77.4. The lowest BCUT2D eigenvalue weighted by molar-refractivity contribution is -0.870. The zero-order chi connectivity index (χ0) is 68.3. The van der Waals surface area contributed by atoms with Gasteiger partial charge in [-0.25, -0.2) is 0 Å². The molecular weight excluding hydrogens is 1180 g/mol. The van der Waals surface area contributed by atoms with Crippen LogP contribution in [0.15, 0.2) is 122 Å². The number of carbonyl (C=O) groups excluding carboxylic acids is 2. The van der Waals surface area contributed by atoms with Crippen molar-refractivity contribution >= 4 is 19.8 Å². The van der Waals surface area contributed by atoms with E-state index in [0.29, 0.717) is 17.4 Å². The van der Waals surface area contributed by atoms with Crippen LogP contribution in [0.2, 0.25) is 0 Å². The summed E-state index contributed by atoms with van der Waals surface area (Å²) in [7, 11) is 1.15. The third-order valence-corrected chi connectivity index (χ3v) is 17.9. The van der Waals surface area contributed by atoms with Gasteiger partial charge in [0.15, 0.2) is 6.10 Å². The van der Waals surface area contributed by atoms with Gasteiger partial charge in [0.05, 0.1) is 27.7 Å². The van der Waals surface area contributed by atoms with Crippen molar-refractivity contribution < 1.29 is 42.1 Å². The van der Waals surface area contributed by atoms with Gasteiger partial charge >= 0.3 is 11.9 Å². The Bertz CT molecular complexity index is 2010. The molecule has 0 saturated heterocycles. The van der Waals surface area contributed by atoms with Crippen molar-refractivity contribution in [2.24, 2.45) is 0 Å². The molecule has 0 fully saturated rings. The molecule has 0 heterocycles. The van der Waals surface area contributed by atoms with Gasteiger partial charge in [-0.2, -0.15) is 0 Å². The molecule has 2 unspecified atom stereocenters. The molecule has 9 nitrogen and oxygen atoms in total. The molecule has 542 valence electrons. The predicted octanol–water partition coefficient (Wildman–Crippen LogP) is 25.5. The Kier molecular flexibility index (Phi) is 70.8. The van der Waals surface area contributed by atoms with Gasteiger partial charge < -0.3 is 27.9 Å². The van der Waals surface area contributed by atoms with E-state index in [2.05, 4.69) is 135 Å². The molecule has 0 aromatic heterocycles. The lowest BCUT2D eigenvalue weighted by Gasteiger charge is -2.28. The van der Waals surface area contributed by atoms with Crippen molar-refractivity contribution in [1.82, 2.24) is 0 Å². The number of quaternary nitrogens is 1. The standard InChI is InChI=1S/C84H148NO8P/c1-6-8-10-12-14-16-18-20-22-24-26-28-30-32-34-36-38-40-41-42-43-45-46-48-50-52-54-56-58-60-62-64-66-68-70-72-74-76-83(86)90-80-82(81-92-94(88,89)91-79-78-85(3,4)5)93-84(87)77-75-73-71-69-67-65-63-61-59-57-55-53-51-49-47-44-39-37-35-33-31-29-27-25-23-21-19-17-15-13-11-9-7-2/h9,11,15,17,21,23-24,26-27,29,33,35,39,44,49,51,55,57,61,63,82H,6-8,10,12-14,16,18-20,22,25,28,30-32,34,36-38,40-43,45-48,50,52-54,56,58-60,62,64-81H2,1-5H3/b11-9-,17-15-,23-21-,26-24-,29-27-,35-33-,44-39-,51-49-,57-55-,63-61-. The lowest BCUT2D eigenvalue weighted by Crippen LogP contribution is -2.37. The SMILES string of the molecule is CC/C=C\C/C=C\C/C=C\C/C=C\C/C=C\C/C=C\C/C=C\C/C=C\C/C=C\CCCCCCCC(=O)OC(COC(=O)CCCCCCCCCCCCCCCCCCCCCCCCCCC/C=C\CCCCCCCCCC)COP(=O)([O-])OCC[N+](C)(C)C. The van der Waals surface area contributed by atoms with Gasteiger partial charge in [-0.05, 0) is 109 Å². The summed E-state index contributed by atoms with van der Waals surface area (Å²) in [6, 6.07) is 0. The fourth-order valence-electron chi connectivity index (χ4n) is 11.0. The van der Waals surface area contributed by atoms with Crippen molar-refractivity contribution in [2.75, 3.05) is 47.5 Å². The Balaban J connectivity index is 4.03. The largest absolute Gasteiger partial charge is 0.756 e. The maximum atomic E-state index is 12.9. The second-order valence-electron chi connectivity index (χ2n) is 27.3. The normalized spacial score (nSPS) is 13.7. The number of unbranched alkanes of at least 4 members (excludes halogenated alkanes) is 38. The number of hydrogen-bond donors (Lipinski definition) is 0. The Morgan fingerprint density at radius 2 is 0.606 bits per heavy atom. The minimum atomic E-state index is -4.66. The van der Waals surface area contributed by atoms with E-state index in [4.69, 9.17) is 18.5 Å². The van der Waals surface area contributed by atoms with Crippen molar-refractivity contribution in [3.63, 3.8) is 0 Å². The number of esters is 2. The van der Waals surface area contributed by atoms with Crippen LogP contribution in [-0.4, -0.2) is 70.0 Å². The molecule has 0 aromatic carbocycles. The number of likely N-dealkylation sites (N-methyl/N-ethyl adjacent to an activating group) is 1. The zero-order valence-electron chi connectivity index (χ0n) is 61.9. The molecule has 0 bridgehead atoms. The van der Waals surface area contributed by atoms with Crippen LogP contribution in [0.4, 0.5) is 0 Å². The number of carbonyl (C=O) groups is 2. The Labute approximate surface area is 581 Å². The molecule has 0 saturated carbocycles. The van der Waals surface area contributed by atoms with Gasteiger partial charge in [0.1, 0.15) is 19.8 Å². The first kappa shape index (κ1) is 90.4. The monoisotopic (exact) mass is 1330 g/mol. The van der Waals surface area contributed by atoms with Gasteiger partial charge in [-0.3, -0.25) is 14.2 Å². The molecule has 0 radical (unpaired) electrons. The first-order valence-electron chi connectivity index (χ1n) is 39.2. The van der Waals surface area contributed by atoms with Crippen molar-refractivity contribution in [2.45, 2.75) is 354 Å². The van der Waals surface area contributed by atoms with Crippen LogP contribution in [-0.2, 0) is 32.7 Å². The van der Waals surface area contributed by atoms with E-state index in [1.165, 1.54) is 205 Å². The minimum Gasteiger partial charge on any atom is -0.756 e. The molecule has 0 spiro atoms. The Morgan fingerprint density at radius 3 is 0.915 bits per heavy atom. The molecular formula is C84H148NO8P. The number of phosphoric acid groups is 1. The van der Waals surface area contributed by atoms with Gasteiger partial charge in [0.2, 0.25) is 0 Å². The summed E-state index contributed by atoms with van der Waals surface area (Å²) in [4.78, 5) is 38.1. The van der Waals surface area contributed by atoms with E-state index in [1.807, 2.05) is 21.1 Å². The molecule has 0 aliphatic carbocycles. The van der Waals surface area contributed by atoms with E-state index in [0.717, 1.165) is 109 Å². The summed E-state index contributed by atoms with van der Waals surface area (Å²) in [5, 5.41) is 0. The number of allylic oxidation sites excluding steroid dienone is 20. The second-order valence-corrected chi connectivity index (χ2v) is 28.8. The van der Waals surface area contributed by atoms with Crippen molar-refractivity contribution in [3.05, 3.63) is 122 Å². The molecule has 0 aliphatic rings. The second kappa shape index (κ2) is 73.7. The Hall–Kier alpha value is -3.59. The highest BCUT2D eigenvalue weighted by molar-refractivity contribution is 7.45. The van der Waals surface area contributed by atoms with E-state index in [-0.39, 0.29) is 32.0 Å². The van der Waals surface area contributed by atoms with Gasteiger partial charge in [-0.15, -0.1) is 0 Å². The number of nitrogens with zero attached hydrogens (tertiary/aromatic N) is 1. The summed E-state index contributed by atoms with van der Waals surface area (Å²) >= 11 is 0. The maximum Gasteiger partial charge on any atom is 0.306 e. The van der Waals surface area contributed by atoms with E-state index < -0.39 is 26.5 Å². The molecule has 94 heavy (non-hydrogen) atoms. The molecule has 2 atom stereocenters. The average Bonchev–Trinajstić information content (AvgIpc) is 1.56. The number of rotatable bonds is 72. The van der Waals surface area contributed by atoms with Crippen LogP contribution in [0.25, 0.3) is 0 Å². The van der Waals surface area contributed by atoms with Crippen molar-refractivity contribution in [1.29, 1.82) is 0 Å². The average molecular weight is 1330 g/mol. The fourth-order valence-corrected chi connectivity index (χ4v) is 11.7. The number of phosphoric ester groups is 1. The van der Waals surface area contributed by atoms with Gasteiger partial charge in [-0.1, -0.05) is 347 Å². The van der Waals surface area contributed by atoms with E-state index in [9.17, 15) is 19.0 Å². The lowest BCUT2D eigenvalue weighted by atomic mass is 10.0. The molecule has 0 aliphatic heterocycles. The van der Waals surface area contributed by atoms with Crippen LogP contribution in [0.3, 0.4) is 0 Å². The predicted molar refractivity (Wildman–Crippen MR) is 406 cm³/mol. The zero-order valence-corrected chi connectivity index (χ0v) is 62.8. The highest BCUT2D eigenvalue weighted by Crippen LogP contribution is 2.38. The molecule has 0 amide bonds. The highest BCUT2D eigenvalue weighted by atomic mass is 31.2. The van der Waals surface area contributed by atoms with Crippen LogP contribution >= 0.6 is 7.82 Å². The molecule has 0 aromatic rings. The number of ether oxygens (including phenoxy) is 2. The first-order chi connectivity index (χ1) is 46.0. The van der Waals surface area contributed by atoms with Crippen LogP contribution in [0.5, 0.6) is 0 Å². The van der Waals surface area contributed by atoms with E-state index in [1.54, 1.807) is 0 Å². The van der Waals surface area contributed by atoms with Gasteiger partial charge in [0.25, 0.3) is 7.82 Å². The van der Waals surface area contributed by atoms with Crippen LogP contribution in [0, 0.1) is 0 Å². The third-order valence-electron chi connectivity index (χ3n) is 17.0. The molecule has 0 N–H and O–H groups in total. The quantitative estimate of drug-likeness (QED) is 0.0195. The summed E-state index contributed by atoms with van der Waals surface area (Å²) in [6.45, 7) is 4.13. The highest BCUT2D eigenvalue weighted by Gasteiger charge is 2.22.